The van der Waals surface area contributed by atoms with Gasteiger partial charge in [0.15, 0.2) is 0 Å². The Bertz CT molecular complexity index is 609. The van der Waals surface area contributed by atoms with Gasteiger partial charge in [0, 0.05) is 24.9 Å². The van der Waals surface area contributed by atoms with Crippen LogP contribution in [0.5, 0.6) is 0 Å². The molecule has 1 aliphatic rings. The van der Waals surface area contributed by atoms with Crippen LogP contribution in [0.4, 0.5) is 5.82 Å². The quantitative estimate of drug-likeness (QED) is 0.911. The van der Waals surface area contributed by atoms with Crippen LogP contribution in [0.2, 0.25) is 0 Å². The number of pyridine rings is 1. The van der Waals surface area contributed by atoms with Crippen molar-refractivity contribution in [2.24, 2.45) is 0 Å². The van der Waals surface area contributed by atoms with Gasteiger partial charge < -0.3 is 5.32 Å². The van der Waals surface area contributed by atoms with Gasteiger partial charge in [-0.05, 0) is 40.9 Å². The molecule has 0 bridgehead atoms. The molecule has 0 amide bonds. The van der Waals surface area contributed by atoms with E-state index in [1.54, 1.807) is 0 Å². The highest BCUT2D eigenvalue weighted by Crippen LogP contribution is 2.38. The molecule has 1 N–H and O–H groups in total. The van der Waals surface area contributed by atoms with Gasteiger partial charge in [0.2, 0.25) is 0 Å². The Morgan fingerprint density at radius 3 is 2.71 bits per heavy atom. The lowest BCUT2D eigenvalue weighted by atomic mass is 10.0. The normalized spacial score (nSPS) is 15.3. The van der Waals surface area contributed by atoms with Gasteiger partial charge in [0.25, 0.3) is 0 Å². The molecule has 2 heterocycles. The summed E-state index contributed by atoms with van der Waals surface area (Å²) in [6.07, 6.45) is 7.52. The van der Waals surface area contributed by atoms with E-state index in [1.807, 2.05) is 31.4 Å². The first kappa shape index (κ1) is 14.4. The fourth-order valence-corrected chi connectivity index (χ4v) is 3.59. The maximum atomic E-state index is 4.82. The molecule has 110 valence electrons. The first-order valence-corrected chi connectivity index (χ1v) is 8.21. The van der Waals surface area contributed by atoms with Gasteiger partial charge in [-0.15, -0.1) is 0 Å². The highest BCUT2D eigenvalue weighted by atomic mass is 79.9. The Morgan fingerprint density at radius 2 is 2.05 bits per heavy atom. The monoisotopic (exact) mass is 346 g/mol. The number of hydrogen-bond acceptors (Lipinski definition) is 4. The third-order valence-corrected chi connectivity index (χ3v) is 4.75. The van der Waals surface area contributed by atoms with Crippen LogP contribution in [0.15, 0.2) is 28.9 Å². The van der Waals surface area contributed by atoms with Crippen molar-refractivity contribution in [3.8, 4) is 0 Å². The Labute approximate surface area is 133 Å². The van der Waals surface area contributed by atoms with E-state index in [0.717, 1.165) is 27.5 Å². The van der Waals surface area contributed by atoms with Gasteiger partial charge in [-0.25, -0.2) is 9.97 Å². The molecule has 0 spiro atoms. The minimum absolute atomic E-state index is 0.553. The summed E-state index contributed by atoms with van der Waals surface area (Å²) in [5.74, 6) is 2.26. The summed E-state index contributed by atoms with van der Waals surface area (Å²) in [6, 6.07) is 5.94. The van der Waals surface area contributed by atoms with Crippen LogP contribution in [-0.2, 0) is 6.42 Å². The van der Waals surface area contributed by atoms with Gasteiger partial charge in [-0.2, -0.15) is 0 Å². The van der Waals surface area contributed by atoms with Crippen LogP contribution in [0, 0.1) is 0 Å². The first-order chi connectivity index (χ1) is 10.3. The summed E-state index contributed by atoms with van der Waals surface area (Å²) in [6.45, 7) is 0. The highest BCUT2D eigenvalue weighted by molar-refractivity contribution is 9.10. The predicted octanol–water partition coefficient (Wildman–Crippen LogP) is 3.92. The molecule has 4 nitrogen and oxygen atoms in total. The molecule has 2 aromatic rings. The molecule has 2 aromatic heterocycles. The standard InChI is InChI=1S/C16H19BrN4/c1-18-16-14(17)15(11-6-2-3-7-11)20-13(21-16)10-12-8-4-5-9-19-12/h4-5,8-9,11H,2-3,6-7,10H2,1H3,(H,18,20,21). The fraction of sp³-hybridized carbons (Fsp3) is 0.438. The summed E-state index contributed by atoms with van der Waals surface area (Å²) in [7, 11) is 1.90. The molecule has 0 atom stereocenters. The number of rotatable bonds is 4. The molecule has 1 aliphatic carbocycles. The average Bonchev–Trinajstić information content (AvgIpc) is 3.04. The van der Waals surface area contributed by atoms with E-state index in [-0.39, 0.29) is 0 Å². The van der Waals surface area contributed by atoms with Crippen LogP contribution in [-0.4, -0.2) is 22.0 Å². The number of halogens is 1. The lowest BCUT2D eigenvalue weighted by molar-refractivity contribution is 0.681. The van der Waals surface area contributed by atoms with Crippen molar-refractivity contribution in [1.29, 1.82) is 0 Å². The summed E-state index contributed by atoms with van der Waals surface area (Å²) in [5.41, 5.74) is 2.15. The largest absolute Gasteiger partial charge is 0.372 e. The van der Waals surface area contributed by atoms with E-state index in [9.17, 15) is 0 Å². The zero-order valence-corrected chi connectivity index (χ0v) is 13.7. The lowest BCUT2D eigenvalue weighted by Gasteiger charge is -2.15. The second-order valence-electron chi connectivity index (χ2n) is 5.42. The highest BCUT2D eigenvalue weighted by Gasteiger charge is 2.23. The Kier molecular flexibility index (Phi) is 4.48. The van der Waals surface area contributed by atoms with Crippen LogP contribution in [0.25, 0.3) is 0 Å². The fourth-order valence-electron chi connectivity index (χ4n) is 2.89. The maximum absolute atomic E-state index is 4.82. The second-order valence-corrected chi connectivity index (χ2v) is 6.21. The number of aromatic nitrogens is 3. The molecule has 0 unspecified atom stereocenters. The van der Waals surface area contributed by atoms with Crippen LogP contribution in [0.3, 0.4) is 0 Å². The van der Waals surface area contributed by atoms with Crippen LogP contribution < -0.4 is 5.32 Å². The molecule has 5 heteroatoms. The maximum Gasteiger partial charge on any atom is 0.144 e. The minimum Gasteiger partial charge on any atom is -0.372 e. The van der Waals surface area contributed by atoms with E-state index < -0.39 is 0 Å². The molecule has 21 heavy (non-hydrogen) atoms. The van der Waals surface area contributed by atoms with Gasteiger partial charge >= 0.3 is 0 Å². The Morgan fingerprint density at radius 1 is 1.24 bits per heavy atom. The third kappa shape index (κ3) is 3.23. The Hall–Kier alpha value is -1.49. The van der Waals surface area contributed by atoms with Gasteiger partial charge in [-0.1, -0.05) is 18.9 Å². The number of nitrogens with one attached hydrogen (secondary N) is 1. The van der Waals surface area contributed by atoms with E-state index >= 15 is 0 Å². The van der Waals surface area contributed by atoms with Crippen molar-refractivity contribution in [1.82, 2.24) is 15.0 Å². The molecular weight excluding hydrogens is 328 g/mol. The first-order valence-electron chi connectivity index (χ1n) is 7.42. The second kappa shape index (κ2) is 6.52. The molecule has 0 saturated heterocycles. The van der Waals surface area contributed by atoms with E-state index in [1.165, 1.54) is 25.7 Å². The van der Waals surface area contributed by atoms with Crippen molar-refractivity contribution < 1.29 is 0 Å². The lowest BCUT2D eigenvalue weighted by Crippen LogP contribution is -2.09. The van der Waals surface area contributed by atoms with Crippen molar-refractivity contribution in [3.05, 3.63) is 46.1 Å². The van der Waals surface area contributed by atoms with Gasteiger partial charge in [-0.3, -0.25) is 4.98 Å². The SMILES string of the molecule is CNc1nc(Cc2ccccn2)nc(C2CCCC2)c1Br. The molecule has 0 radical (unpaired) electrons. The van der Waals surface area contributed by atoms with E-state index in [4.69, 9.17) is 4.98 Å². The topological polar surface area (TPSA) is 50.7 Å². The molecule has 0 aliphatic heterocycles. The molecule has 3 rings (SSSR count). The number of nitrogens with zero attached hydrogens (tertiary/aromatic N) is 3. The van der Waals surface area contributed by atoms with Gasteiger partial charge in [0.1, 0.15) is 11.6 Å². The zero-order chi connectivity index (χ0) is 14.7. The molecule has 1 fully saturated rings. The summed E-state index contributed by atoms with van der Waals surface area (Å²) in [5, 5.41) is 3.17. The van der Waals surface area contributed by atoms with E-state index in [2.05, 4.69) is 31.2 Å². The van der Waals surface area contributed by atoms with Crippen molar-refractivity contribution in [2.45, 2.75) is 38.0 Å². The van der Waals surface area contributed by atoms with E-state index in [0.29, 0.717) is 12.3 Å². The molecule has 1 saturated carbocycles. The number of hydrogen-bond donors (Lipinski definition) is 1. The van der Waals surface area contributed by atoms with Gasteiger partial charge in [0.05, 0.1) is 16.6 Å². The Balaban J connectivity index is 1.95. The summed E-state index contributed by atoms with van der Waals surface area (Å²) in [4.78, 5) is 13.8. The third-order valence-electron chi connectivity index (χ3n) is 3.97. The minimum atomic E-state index is 0.553. The van der Waals surface area contributed by atoms with Crippen molar-refractivity contribution >= 4 is 21.7 Å². The van der Waals surface area contributed by atoms with Crippen LogP contribution in [0.1, 0.15) is 48.8 Å². The van der Waals surface area contributed by atoms with Crippen LogP contribution >= 0.6 is 15.9 Å². The molecular formula is C16H19BrN4. The molecule has 0 aromatic carbocycles. The van der Waals surface area contributed by atoms with Crippen molar-refractivity contribution in [2.75, 3.05) is 12.4 Å². The zero-order valence-electron chi connectivity index (χ0n) is 12.1. The average molecular weight is 347 g/mol. The van der Waals surface area contributed by atoms with Crippen molar-refractivity contribution in [3.63, 3.8) is 0 Å². The predicted molar refractivity (Wildman–Crippen MR) is 87.5 cm³/mol. The number of anilines is 1. The smallest absolute Gasteiger partial charge is 0.144 e. The summed E-state index contributed by atoms with van der Waals surface area (Å²) >= 11 is 3.67. The summed E-state index contributed by atoms with van der Waals surface area (Å²) < 4.78 is 1.02.